The van der Waals surface area contributed by atoms with Gasteiger partial charge < -0.3 is 20.7 Å². The van der Waals surface area contributed by atoms with Crippen LogP contribution in [0.25, 0.3) is 6.08 Å². The van der Waals surface area contributed by atoms with E-state index in [0.717, 1.165) is 16.1 Å². The lowest BCUT2D eigenvalue weighted by Crippen LogP contribution is -2.30. The van der Waals surface area contributed by atoms with Crippen molar-refractivity contribution in [3.63, 3.8) is 0 Å². The normalized spacial score (nSPS) is 11.9. The van der Waals surface area contributed by atoms with Crippen LogP contribution in [0.4, 0.5) is 11.4 Å². The van der Waals surface area contributed by atoms with Crippen molar-refractivity contribution in [1.82, 2.24) is 5.32 Å². The van der Waals surface area contributed by atoms with Crippen molar-refractivity contribution in [2.75, 3.05) is 17.2 Å². The molecule has 7 nitrogen and oxygen atoms in total. The van der Waals surface area contributed by atoms with Gasteiger partial charge in [-0.25, -0.2) is 0 Å². The third-order valence-electron chi connectivity index (χ3n) is 6.65. The Labute approximate surface area is 263 Å². The van der Waals surface area contributed by atoms with Crippen LogP contribution in [0.15, 0.2) is 114 Å². The molecular weight excluding hydrogens is 570 g/mol. The van der Waals surface area contributed by atoms with E-state index in [1.54, 1.807) is 42.5 Å². The van der Waals surface area contributed by atoms with Crippen molar-refractivity contribution in [3.05, 3.63) is 126 Å². The largest absolute Gasteiger partial charge is 0.494 e. The summed E-state index contributed by atoms with van der Waals surface area (Å²) in [4.78, 5) is 40.1. The van der Waals surface area contributed by atoms with E-state index >= 15 is 0 Å². The third-order valence-corrected chi connectivity index (χ3v) is 7.74. The fraction of sp³-hybridized carbons (Fsp3) is 0.194. The summed E-state index contributed by atoms with van der Waals surface area (Å²) in [6.07, 6.45) is 1.62. The average molecular weight is 608 g/mol. The topological polar surface area (TPSA) is 96.5 Å². The van der Waals surface area contributed by atoms with E-state index in [-0.39, 0.29) is 16.9 Å². The van der Waals surface area contributed by atoms with Crippen LogP contribution in [-0.4, -0.2) is 29.6 Å². The van der Waals surface area contributed by atoms with Crippen LogP contribution in [0.1, 0.15) is 55.1 Å². The summed E-state index contributed by atoms with van der Waals surface area (Å²) in [7, 11) is 0. The van der Waals surface area contributed by atoms with Gasteiger partial charge in [0.2, 0.25) is 5.91 Å². The SMILES string of the molecule is CCOc1ccc(/C=C(/NC(=O)c2ccccc2)C(=O)Nc2cccc(SC(C)C(=O)Nc3ccc(C(C)C)cc3)c2)cc1. The predicted octanol–water partition coefficient (Wildman–Crippen LogP) is 7.74. The van der Waals surface area contributed by atoms with Crippen LogP contribution in [-0.2, 0) is 9.59 Å². The van der Waals surface area contributed by atoms with Crippen LogP contribution in [0.2, 0.25) is 0 Å². The fourth-order valence-corrected chi connectivity index (χ4v) is 5.16. The molecule has 0 aliphatic carbocycles. The van der Waals surface area contributed by atoms with Crippen LogP contribution in [0.3, 0.4) is 0 Å². The highest BCUT2D eigenvalue weighted by Gasteiger charge is 2.17. The quantitative estimate of drug-likeness (QED) is 0.113. The minimum atomic E-state index is -0.485. The maximum atomic E-state index is 13.5. The van der Waals surface area contributed by atoms with E-state index in [2.05, 4.69) is 29.8 Å². The first-order chi connectivity index (χ1) is 21.2. The Hall–Kier alpha value is -4.82. The first kappa shape index (κ1) is 32.1. The molecule has 4 rings (SSSR count). The van der Waals surface area contributed by atoms with Crippen LogP contribution in [0.5, 0.6) is 5.75 Å². The molecule has 44 heavy (non-hydrogen) atoms. The first-order valence-corrected chi connectivity index (χ1v) is 15.4. The molecule has 3 N–H and O–H groups in total. The van der Waals surface area contributed by atoms with Gasteiger partial charge in [0.15, 0.2) is 0 Å². The van der Waals surface area contributed by atoms with Crippen molar-refractivity contribution in [2.24, 2.45) is 0 Å². The number of amides is 3. The number of thioether (sulfide) groups is 1. The van der Waals surface area contributed by atoms with Crippen molar-refractivity contribution in [2.45, 2.75) is 43.8 Å². The number of anilines is 2. The lowest BCUT2D eigenvalue weighted by Gasteiger charge is -2.14. The lowest BCUT2D eigenvalue weighted by atomic mass is 10.0. The van der Waals surface area contributed by atoms with Gasteiger partial charge in [-0.15, -0.1) is 11.8 Å². The molecule has 0 fully saturated rings. The number of carbonyl (C=O) groups excluding carboxylic acids is 3. The highest BCUT2D eigenvalue weighted by atomic mass is 32.2. The van der Waals surface area contributed by atoms with Gasteiger partial charge in [-0.2, -0.15) is 0 Å². The minimum absolute atomic E-state index is 0.0808. The fourth-order valence-electron chi connectivity index (χ4n) is 4.23. The molecule has 226 valence electrons. The summed E-state index contributed by atoms with van der Waals surface area (Å²) >= 11 is 1.38. The number of ether oxygens (including phenoxy) is 1. The van der Waals surface area contributed by atoms with E-state index in [0.29, 0.717) is 29.5 Å². The summed E-state index contributed by atoms with van der Waals surface area (Å²) in [6, 6.07) is 31.1. The van der Waals surface area contributed by atoms with Gasteiger partial charge in [0.1, 0.15) is 11.4 Å². The van der Waals surface area contributed by atoms with E-state index in [4.69, 9.17) is 4.74 Å². The molecular formula is C36H37N3O4S. The average Bonchev–Trinajstić information content (AvgIpc) is 3.02. The van der Waals surface area contributed by atoms with Gasteiger partial charge in [0.05, 0.1) is 11.9 Å². The van der Waals surface area contributed by atoms with Crippen molar-refractivity contribution in [3.8, 4) is 5.75 Å². The molecule has 0 bridgehead atoms. The summed E-state index contributed by atoms with van der Waals surface area (Å²) in [5.41, 5.74) is 3.72. The second-order valence-electron chi connectivity index (χ2n) is 10.4. The standard InChI is InChI=1S/C36H37N3O4S/c1-5-43-31-20-14-26(15-21-31)22-33(39-35(41)28-10-7-6-8-11-28)36(42)38-30-12-9-13-32(23-30)44-25(4)34(40)37-29-18-16-27(17-19-29)24(2)3/h6-25H,5H2,1-4H3,(H,37,40)(H,38,42)(H,39,41)/b33-22+. The minimum Gasteiger partial charge on any atom is -0.494 e. The highest BCUT2D eigenvalue weighted by molar-refractivity contribution is 8.00. The number of hydrogen-bond donors (Lipinski definition) is 3. The molecule has 0 aliphatic heterocycles. The zero-order valence-electron chi connectivity index (χ0n) is 25.3. The van der Waals surface area contributed by atoms with Gasteiger partial charge in [0, 0.05) is 21.8 Å². The summed E-state index contributed by atoms with van der Waals surface area (Å²) in [5.74, 6) is 0.124. The number of benzene rings is 4. The van der Waals surface area contributed by atoms with Gasteiger partial charge in [-0.1, -0.05) is 62.4 Å². The zero-order valence-corrected chi connectivity index (χ0v) is 26.1. The van der Waals surface area contributed by atoms with Crippen molar-refractivity contribution >= 4 is 46.9 Å². The molecule has 4 aromatic carbocycles. The highest BCUT2D eigenvalue weighted by Crippen LogP contribution is 2.27. The molecule has 3 amide bonds. The van der Waals surface area contributed by atoms with E-state index in [1.807, 2.05) is 80.6 Å². The Morgan fingerprint density at radius 3 is 2.16 bits per heavy atom. The van der Waals surface area contributed by atoms with E-state index in [9.17, 15) is 14.4 Å². The summed E-state index contributed by atoms with van der Waals surface area (Å²) in [6.45, 7) is 8.55. The second kappa shape index (κ2) is 15.6. The Balaban J connectivity index is 1.46. The molecule has 0 saturated heterocycles. The van der Waals surface area contributed by atoms with Crippen LogP contribution < -0.4 is 20.7 Å². The maximum Gasteiger partial charge on any atom is 0.272 e. The molecule has 0 saturated carbocycles. The predicted molar refractivity (Wildman–Crippen MR) is 179 cm³/mol. The lowest BCUT2D eigenvalue weighted by molar-refractivity contribution is -0.115. The molecule has 0 radical (unpaired) electrons. The van der Waals surface area contributed by atoms with Crippen LogP contribution in [0, 0.1) is 0 Å². The Bertz CT molecular complexity index is 1600. The first-order valence-electron chi connectivity index (χ1n) is 14.5. The smallest absolute Gasteiger partial charge is 0.272 e. The van der Waals surface area contributed by atoms with Crippen LogP contribution >= 0.6 is 11.8 Å². The molecule has 0 aromatic heterocycles. The number of nitrogens with one attached hydrogen (secondary N) is 3. The number of hydrogen-bond acceptors (Lipinski definition) is 5. The Morgan fingerprint density at radius 1 is 0.795 bits per heavy atom. The molecule has 4 aromatic rings. The molecule has 8 heteroatoms. The van der Waals surface area contributed by atoms with Gasteiger partial charge in [-0.05, 0) is 91.6 Å². The maximum absolute atomic E-state index is 13.5. The molecule has 0 heterocycles. The number of carbonyl (C=O) groups is 3. The molecule has 1 atom stereocenters. The zero-order chi connectivity index (χ0) is 31.5. The number of rotatable bonds is 12. The van der Waals surface area contributed by atoms with E-state index < -0.39 is 11.8 Å². The van der Waals surface area contributed by atoms with Crippen molar-refractivity contribution in [1.29, 1.82) is 0 Å². The van der Waals surface area contributed by atoms with Crippen molar-refractivity contribution < 1.29 is 19.1 Å². The Kier molecular flexibility index (Phi) is 11.4. The Morgan fingerprint density at radius 2 is 1.50 bits per heavy atom. The summed E-state index contributed by atoms with van der Waals surface area (Å²) in [5, 5.41) is 8.23. The third kappa shape index (κ3) is 9.34. The van der Waals surface area contributed by atoms with E-state index in [1.165, 1.54) is 17.3 Å². The molecule has 1 unspecified atom stereocenters. The van der Waals surface area contributed by atoms with Gasteiger partial charge >= 0.3 is 0 Å². The molecule has 0 aliphatic rings. The van der Waals surface area contributed by atoms with Gasteiger partial charge in [0.25, 0.3) is 11.8 Å². The monoisotopic (exact) mass is 607 g/mol. The summed E-state index contributed by atoms with van der Waals surface area (Å²) < 4.78 is 5.51. The van der Waals surface area contributed by atoms with Gasteiger partial charge in [-0.3, -0.25) is 14.4 Å². The molecule has 0 spiro atoms. The second-order valence-corrected chi connectivity index (χ2v) is 11.8.